The van der Waals surface area contributed by atoms with Crippen LogP contribution in [0.3, 0.4) is 0 Å². The molecule has 3 rings (SSSR count). The second kappa shape index (κ2) is 9.23. The van der Waals surface area contributed by atoms with Crippen LogP contribution in [0.25, 0.3) is 0 Å². The van der Waals surface area contributed by atoms with Crippen LogP contribution < -0.4 is 0 Å². The quantitative estimate of drug-likeness (QED) is 0.789. The second-order valence-corrected chi connectivity index (χ2v) is 8.47. The van der Waals surface area contributed by atoms with Crippen molar-refractivity contribution >= 4 is 11.8 Å². The number of piperidine rings is 1. The van der Waals surface area contributed by atoms with E-state index in [2.05, 4.69) is 58.8 Å². The maximum absolute atomic E-state index is 9.41. The fraction of sp³-hybridized carbons (Fsp3) is 0.571. The SMILES string of the molecule is CC1CSCCN1/C=C(\N(C)Cc1ccccc1C#N)N1CCCCC1. The van der Waals surface area contributed by atoms with Crippen molar-refractivity contribution in [1.29, 1.82) is 5.26 Å². The summed E-state index contributed by atoms with van der Waals surface area (Å²) in [6.45, 7) is 6.47. The van der Waals surface area contributed by atoms with E-state index in [4.69, 9.17) is 0 Å². The third kappa shape index (κ3) is 4.67. The lowest BCUT2D eigenvalue weighted by Gasteiger charge is -2.40. The summed E-state index contributed by atoms with van der Waals surface area (Å²) in [6, 6.07) is 10.9. The second-order valence-electron chi connectivity index (χ2n) is 7.32. The van der Waals surface area contributed by atoms with Gasteiger partial charge in [0.05, 0.1) is 11.6 Å². The first-order valence-corrected chi connectivity index (χ1v) is 10.8. The maximum Gasteiger partial charge on any atom is 0.120 e. The minimum Gasteiger partial charge on any atom is -0.370 e. The van der Waals surface area contributed by atoms with Gasteiger partial charge in [-0.3, -0.25) is 0 Å². The molecule has 2 aliphatic heterocycles. The number of hydrogen-bond donors (Lipinski definition) is 0. The Bertz CT molecular complexity index is 660. The van der Waals surface area contributed by atoms with Crippen LogP contribution in [0.15, 0.2) is 36.3 Å². The number of thioether (sulfide) groups is 1. The molecule has 0 amide bonds. The Labute approximate surface area is 162 Å². The van der Waals surface area contributed by atoms with Gasteiger partial charge < -0.3 is 14.7 Å². The van der Waals surface area contributed by atoms with Crippen molar-refractivity contribution in [3.63, 3.8) is 0 Å². The summed E-state index contributed by atoms with van der Waals surface area (Å²) >= 11 is 2.05. The molecule has 1 atom stereocenters. The molecule has 0 N–H and O–H groups in total. The van der Waals surface area contributed by atoms with Gasteiger partial charge in [-0.15, -0.1) is 0 Å². The van der Waals surface area contributed by atoms with E-state index in [1.165, 1.54) is 36.6 Å². The zero-order valence-corrected chi connectivity index (χ0v) is 16.8. The van der Waals surface area contributed by atoms with E-state index in [1.54, 1.807) is 0 Å². The largest absolute Gasteiger partial charge is 0.370 e. The predicted octanol–water partition coefficient (Wildman–Crippen LogP) is 3.71. The van der Waals surface area contributed by atoms with E-state index in [1.807, 2.05) is 18.2 Å². The van der Waals surface area contributed by atoms with Crippen molar-refractivity contribution in [1.82, 2.24) is 14.7 Å². The molecule has 2 saturated heterocycles. The van der Waals surface area contributed by atoms with E-state index >= 15 is 0 Å². The normalized spacial score (nSPS) is 21.4. The molecule has 4 nitrogen and oxygen atoms in total. The number of hydrogen-bond acceptors (Lipinski definition) is 5. The molecule has 1 unspecified atom stereocenters. The molecule has 0 bridgehead atoms. The van der Waals surface area contributed by atoms with E-state index < -0.39 is 0 Å². The van der Waals surface area contributed by atoms with Crippen LogP contribution in [-0.4, -0.2) is 58.9 Å². The Morgan fingerprint density at radius 1 is 1.27 bits per heavy atom. The van der Waals surface area contributed by atoms with Crippen molar-refractivity contribution < 1.29 is 0 Å². The van der Waals surface area contributed by atoms with Gasteiger partial charge in [-0.25, -0.2) is 0 Å². The highest BCUT2D eigenvalue weighted by Gasteiger charge is 2.22. The summed E-state index contributed by atoms with van der Waals surface area (Å²) in [7, 11) is 2.16. The highest BCUT2D eigenvalue weighted by molar-refractivity contribution is 7.99. The Morgan fingerprint density at radius 3 is 2.77 bits per heavy atom. The molecule has 5 heteroatoms. The smallest absolute Gasteiger partial charge is 0.120 e. The van der Waals surface area contributed by atoms with Gasteiger partial charge >= 0.3 is 0 Å². The molecular formula is C21H30N4S. The van der Waals surface area contributed by atoms with Crippen molar-refractivity contribution in [2.45, 2.75) is 38.8 Å². The van der Waals surface area contributed by atoms with Crippen molar-refractivity contribution in [2.75, 3.05) is 38.2 Å². The predicted molar refractivity (Wildman–Crippen MR) is 110 cm³/mol. The molecule has 0 aliphatic carbocycles. The van der Waals surface area contributed by atoms with Crippen LogP contribution in [-0.2, 0) is 6.54 Å². The van der Waals surface area contributed by atoms with E-state index in [9.17, 15) is 5.26 Å². The number of benzene rings is 1. The zero-order valence-electron chi connectivity index (χ0n) is 16.0. The molecule has 140 valence electrons. The summed E-state index contributed by atoms with van der Waals surface area (Å²) < 4.78 is 0. The number of nitrogens with zero attached hydrogens (tertiary/aromatic N) is 4. The fourth-order valence-corrected chi connectivity index (χ4v) is 4.77. The van der Waals surface area contributed by atoms with Crippen LogP contribution in [0.2, 0.25) is 0 Å². The third-order valence-electron chi connectivity index (χ3n) is 5.32. The van der Waals surface area contributed by atoms with Gasteiger partial charge in [0.25, 0.3) is 0 Å². The summed E-state index contributed by atoms with van der Waals surface area (Å²) in [6.07, 6.45) is 6.25. The Kier molecular flexibility index (Phi) is 6.73. The van der Waals surface area contributed by atoms with Gasteiger partial charge in [-0.1, -0.05) is 18.2 Å². The summed E-state index contributed by atoms with van der Waals surface area (Å²) in [5.74, 6) is 3.70. The lowest BCUT2D eigenvalue weighted by molar-refractivity contribution is 0.186. The van der Waals surface area contributed by atoms with Gasteiger partial charge in [0.2, 0.25) is 0 Å². The van der Waals surface area contributed by atoms with Gasteiger partial charge in [0.1, 0.15) is 5.82 Å². The van der Waals surface area contributed by atoms with E-state index in [0.29, 0.717) is 6.04 Å². The first-order chi connectivity index (χ1) is 12.7. The number of likely N-dealkylation sites (tertiary alicyclic amines) is 1. The third-order valence-corrected chi connectivity index (χ3v) is 6.51. The topological polar surface area (TPSA) is 33.5 Å². The standard InChI is InChI=1S/C21H30N4S/c1-18-17-26-13-12-25(18)16-21(24-10-6-3-7-11-24)23(2)15-20-9-5-4-8-19(20)14-22/h4-5,8-9,16,18H,3,6-7,10-13,15,17H2,1-2H3/b21-16+. The molecule has 2 fully saturated rings. The van der Waals surface area contributed by atoms with Crippen LogP contribution in [0, 0.1) is 11.3 Å². The van der Waals surface area contributed by atoms with Gasteiger partial charge in [0.15, 0.2) is 0 Å². The molecule has 2 aliphatic rings. The molecule has 0 saturated carbocycles. The van der Waals surface area contributed by atoms with Crippen molar-refractivity contribution in [3.05, 3.63) is 47.4 Å². The van der Waals surface area contributed by atoms with E-state index in [-0.39, 0.29) is 0 Å². The Hall–Kier alpha value is -1.80. The highest BCUT2D eigenvalue weighted by atomic mass is 32.2. The average molecular weight is 371 g/mol. The van der Waals surface area contributed by atoms with Gasteiger partial charge in [0, 0.05) is 57.0 Å². The number of nitriles is 1. The lowest BCUT2D eigenvalue weighted by Crippen LogP contribution is -2.41. The molecule has 1 aromatic carbocycles. The Morgan fingerprint density at radius 2 is 2.04 bits per heavy atom. The lowest BCUT2D eigenvalue weighted by atomic mass is 10.1. The average Bonchev–Trinajstić information content (AvgIpc) is 2.68. The first-order valence-electron chi connectivity index (χ1n) is 9.68. The van der Waals surface area contributed by atoms with Gasteiger partial charge in [-0.05, 0) is 37.8 Å². The van der Waals surface area contributed by atoms with Crippen LogP contribution in [0.4, 0.5) is 0 Å². The molecule has 2 heterocycles. The van der Waals surface area contributed by atoms with Crippen molar-refractivity contribution in [3.8, 4) is 6.07 Å². The molecule has 0 spiro atoms. The minimum absolute atomic E-state index is 0.577. The fourth-order valence-electron chi connectivity index (χ4n) is 3.73. The summed E-state index contributed by atoms with van der Waals surface area (Å²) in [5, 5.41) is 9.41. The minimum atomic E-state index is 0.577. The zero-order chi connectivity index (χ0) is 18.4. The molecule has 0 aromatic heterocycles. The van der Waals surface area contributed by atoms with Crippen molar-refractivity contribution in [2.24, 2.45) is 0 Å². The highest BCUT2D eigenvalue weighted by Crippen LogP contribution is 2.23. The maximum atomic E-state index is 9.41. The first kappa shape index (κ1) is 19.0. The number of rotatable bonds is 5. The molecule has 1 aromatic rings. The van der Waals surface area contributed by atoms with Gasteiger partial charge in [-0.2, -0.15) is 17.0 Å². The van der Waals surface area contributed by atoms with E-state index in [0.717, 1.165) is 37.3 Å². The van der Waals surface area contributed by atoms with Crippen LogP contribution in [0.1, 0.15) is 37.3 Å². The molecular weight excluding hydrogens is 340 g/mol. The monoisotopic (exact) mass is 370 g/mol. The molecule has 26 heavy (non-hydrogen) atoms. The summed E-state index contributed by atoms with van der Waals surface area (Å²) in [5.41, 5.74) is 1.88. The summed E-state index contributed by atoms with van der Waals surface area (Å²) in [4.78, 5) is 7.37. The van der Waals surface area contributed by atoms with Crippen LogP contribution >= 0.6 is 11.8 Å². The van der Waals surface area contributed by atoms with Crippen LogP contribution in [0.5, 0.6) is 0 Å². The molecule has 0 radical (unpaired) electrons. The Balaban J connectivity index is 1.83.